The highest BCUT2D eigenvalue weighted by molar-refractivity contribution is 8.26. The number of nitrogens with one attached hydrogen (secondary N) is 1. The molecule has 1 saturated heterocycles. The first-order chi connectivity index (χ1) is 17.0. The lowest BCUT2D eigenvalue weighted by molar-refractivity contribution is -0.122. The maximum atomic E-state index is 12.9. The normalized spacial score (nSPS) is 14.3. The number of carbonyl (C=O) groups is 2. The highest BCUT2D eigenvalue weighted by Gasteiger charge is 2.31. The van der Waals surface area contributed by atoms with Crippen molar-refractivity contribution in [2.24, 2.45) is 0 Å². The first-order valence-electron chi connectivity index (χ1n) is 11.0. The second kappa shape index (κ2) is 11.7. The Morgan fingerprint density at radius 2 is 1.80 bits per heavy atom. The molecule has 1 aliphatic rings. The van der Waals surface area contributed by atoms with Crippen LogP contribution < -0.4 is 14.8 Å². The van der Waals surface area contributed by atoms with E-state index in [1.54, 1.807) is 54.5 Å². The number of amides is 2. The minimum Gasteiger partial charge on any atom is -0.497 e. The van der Waals surface area contributed by atoms with Gasteiger partial charge >= 0.3 is 0 Å². The van der Waals surface area contributed by atoms with E-state index in [1.807, 2.05) is 42.5 Å². The van der Waals surface area contributed by atoms with Crippen molar-refractivity contribution in [2.45, 2.75) is 6.42 Å². The van der Waals surface area contributed by atoms with Gasteiger partial charge in [0.05, 0.1) is 12.0 Å². The van der Waals surface area contributed by atoms with Gasteiger partial charge in [0.15, 0.2) is 6.61 Å². The van der Waals surface area contributed by atoms with Crippen molar-refractivity contribution >= 4 is 51.9 Å². The zero-order chi connectivity index (χ0) is 24.6. The topological polar surface area (TPSA) is 67.9 Å². The second-order valence-electron chi connectivity index (χ2n) is 7.71. The number of ether oxygens (including phenoxy) is 2. The molecule has 0 aliphatic carbocycles. The number of rotatable bonds is 9. The summed E-state index contributed by atoms with van der Waals surface area (Å²) in [5, 5.41) is 2.78. The SMILES string of the molecule is COc1ccc(NC(=O)COc2cccc(/C=C3\SC(=S)N(CCc4ccccc4)C3=O)c2)cc1. The monoisotopic (exact) mass is 504 g/mol. The molecule has 1 N–H and O–H groups in total. The van der Waals surface area contributed by atoms with Gasteiger partial charge in [0, 0.05) is 12.2 Å². The molecule has 35 heavy (non-hydrogen) atoms. The summed E-state index contributed by atoms with van der Waals surface area (Å²) >= 11 is 6.74. The first-order valence-corrected chi connectivity index (χ1v) is 12.2. The second-order valence-corrected chi connectivity index (χ2v) is 9.38. The van der Waals surface area contributed by atoms with E-state index < -0.39 is 0 Å². The van der Waals surface area contributed by atoms with Crippen LogP contribution in [0.1, 0.15) is 11.1 Å². The van der Waals surface area contributed by atoms with Crippen LogP contribution >= 0.6 is 24.0 Å². The number of nitrogens with zero attached hydrogens (tertiary/aromatic N) is 1. The molecule has 4 rings (SSSR count). The van der Waals surface area contributed by atoms with E-state index in [0.29, 0.717) is 33.0 Å². The van der Waals surface area contributed by atoms with Gasteiger partial charge in [-0.2, -0.15) is 0 Å². The van der Waals surface area contributed by atoms with Crippen molar-refractivity contribution in [3.63, 3.8) is 0 Å². The Balaban J connectivity index is 1.33. The molecular formula is C27H24N2O4S2. The minimum atomic E-state index is -0.278. The molecule has 0 radical (unpaired) electrons. The zero-order valence-corrected chi connectivity index (χ0v) is 20.7. The highest BCUT2D eigenvalue weighted by Crippen LogP contribution is 2.33. The summed E-state index contributed by atoms with van der Waals surface area (Å²) < 4.78 is 11.3. The fraction of sp³-hybridized carbons (Fsp3) is 0.148. The van der Waals surface area contributed by atoms with Gasteiger partial charge in [0.25, 0.3) is 11.8 Å². The predicted molar refractivity (Wildman–Crippen MR) is 144 cm³/mol. The Morgan fingerprint density at radius 3 is 2.54 bits per heavy atom. The van der Waals surface area contributed by atoms with Crippen LogP contribution in [0, 0.1) is 0 Å². The van der Waals surface area contributed by atoms with Gasteiger partial charge in [0.1, 0.15) is 15.8 Å². The number of hydrogen-bond donors (Lipinski definition) is 1. The molecule has 0 spiro atoms. The summed E-state index contributed by atoms with van der Waals surface area (Å²) in [6, 6.07) is 24.3. The van der Waals surface area contributed by atoms with Crippen LogP contribution in [-0.2, 0) is 16.0 Å². The van der Waals surface area contributed by atoms with Crippen molar-refractivity contribution in [3.05, 3.63) is 94.9 Å². The molecule has 3 aromatic rings. The number of anilines is 1. The number of thioether (sulfide) groups is 1. The van der Waals surface area contributed by atoms with Crippen molar-refractivity contribution in [1.82, 2.24) is 4.90 Å². The summed E-state index contributed by atoms with van der Waals surface area (Å²) in [6.45, 7) is 0.398. The van der Waals surface area contributed by atoms with Crippen molar-refractivity contribution < 1.29 is 19.1 Å². The standard InChI is InChI=1S/C27H24N2O4S2/c1-32-22-12-10-21(11-13-22)28-25(30)18-33-23-9-5-8-20(16-23)17-24-26(31)29(27(34)35-24)15-14-19-6-3-2-4-7-19/h2-13,16-17H,14-15,18H2,1H3,(H,28,30)/b24-17-. The Kier molecular flexibility index (Phi) is 8.18. The molecule has 1 heterocycles. The van der Waals surface area contributed by atoms with Crippen molar-refractivity contribution in [3.8, 4) is 11.5 Å². The lowest BCUT2D eigenvalue weighted by atomic mass is 10.1. The maximum Gasteiger partial charge on any atom is 0.266 e. The summed E-state index contributed by atoms with van der Waals surface area (Å²) in [6.07, 6.45) is 2.54. The molecule has 8 heteroatoms. The maximum absolute atomic E-state index is 12.9. The Morgan fingerprint density at radius 1 is 1.03 bits per heavy atom. The van der Waals surface area contributed by atoms with Gasteiger partial charge in [-0.3, -0.25) is 14.5 Å². The smallest absolute Gasteiger partial charge is 0.266 e. The molecule has 6 nitrogen and oxygen atoms in total. The van der Waals surface area contributed by atoms with E-state index in [-0.39, 0.29) is 18.4 Å². The number of hydrogen-bond acceptors (Lipinski definition) is 6. The van der Waals surface area contributed by atoms with Crippen LogP contribution in [0.2, 0.25) is 0 Å². The average Bonchev–Trinajstić information content (AvgIpc) is 3.14. The molecule has 0 bridgehead atoms. The Hall–Kier alpha value is -3.62. The fourth-order valence-corrected chi connectivity index (χ4v) is 4.75. The molecule has 0 saturated carbocycles. The predicted octanol–water partition coefficient (Wildman–Crippen LogP) is 5.16. The molecule has 0 unspecified atom stereocenters. The van der Waals surface area contributed by atoms with E-state index in [9.17, 15) is 9.59 Å². The zero-order valence-electron chi connectivity index (χ0n) is 19.1. The molecule has 1 fully saturated rings. The lowest BCUT2D eigenvalue weighted by Gasteiger charge is -2.14. The van der Waals surface area contributed by atoms with Crippen LogP contribution in [-0.4, -0.2) is 41.3 Å². The molecule has 0 aromatic heterocycles. The summed E-state index contributed by atoms with van der Waals surface area (Å²) in [4.78, 5) is 27.4. The van der Waals surface area contributed by atoms with Gasteiger partial charge in [-0.1, -0.05) is 66.4 Å². The van der Waals surface area contributed by atoms with Gasteiger partial charge in [-0.05, 0) is 60.0 Å². The van der Waals surface area contributed by atoms with Crippen molar-refractivity contribution in [1.29, 1.82) is 0 Å². The molecule has 0 atom stereocenters. The van der Waals surface area contributed by atoms with Crippen LogP contribution in [0.4, 0.5) is 5.69 Å². The van der Waals surface area contributed by atoms with Crippen LogP contribution in [0.25, 0.3) is 6.08 Å². The van der Waals surface area contributed by atoms with Gasteiger partial charge in [-0.25, -0.2) is 0 Å². The van der Waals surface area contributed by atoms with Crippen molar-refractivity contribution in [2.75, 3.05) is 25.6 Å². The third kappa shape index (κ3) is 6.71. The molecule has 3 aromatic carbocycles. The third-order valence-electron chi connectivity index (χ3n) is 5.24. The van der Waals surface area contributed by atoms with Crippen LogP contribution in [0.3, 0.4) is 0 Å². The first kappa shape index (κ1) is 24.5. The quantitative estimate of drug-likeness (QED) is 0.321. The van der Waals surface area contributed by atoms with Crippen LogP contribution in [0.5, 0.6) is 11.5 Å². The highest BCUT2D eigenvalue weighted by atomic mass is 32.2. The summed E-state index contributed by atoms with van der Waals surface area (Å²) in [7, 11) is 1.59. The largest absolute Gasteiger partial charge is 0.497 e. The fourth-order valence-electron chi connectivity index (χ4n) is 3.44. The van der Waals surface area contributed by atoms with Gasteiger partial charge < -0.3 is 14.8 Å². The van der Waals surface area contributed by atoms with E-state index in [4.69, 9.17) is 21.7 Å². The average molecular weight is 505 g/mol. The molecule has 178 valence electrons. The number of methoxy groups -OCH3 is 1. The number of thiocarbonyl (C=S) groups is 1. The molecule has 1 aliphatic heterocycles. The summed E-state index contributed by atoms with van der Waals surface area (Å²) in [5.74, 6) is 0.869. The van der Waals surface area contributed by atoms with E-state index >= 15 is 0 Å². The van der Waals surface area contributed by atoms with Gasteiger partial charge in [0.2, 0.25) is 0 Å². The third-order valence-corrected chi connectivity index (χ3v) is 6.62. The Bertz CT molecular complexity index is 1240. The molecular weight excluding hydrogens is 480 g/mol. The lowest BCUT2D eigenvalue weighted by Crippen LogP contribution is -2.30. The van der Waals surface area contributed by atoms with Crippen LogP contribution in [0.15, 0.2) is 83.8 Å². The minimum absolute atomic E-state index is 0.0962. The van der Waals surface area contributed by atoms with E-state index in [2.05, 4.69) is 5.32 Å². The molecule has 2 amide bonds. The van der Waals surface area contributed by atoms with E-state index in [1.165, 1.54) is 11.8 Å². The summed E-state index contributed by atoms with van der Waals surface area (Å²) in [5.41, 5.74) is 2.61. The van der Waals surface area contributed by atoms with Gasteiger partial charge in [-0.15, -0.1) is 0 Å². The number of carbonyl (C=O) groups excluding carboxylic acids is 2. The number of benzene rings is 3. The van der Waals surface area contributed by atoms with E-state index in [0.717, 1.165) is 17.5 Å². The Labute approximate surface area is 213 Å².